The molecule has 0 aliphatic heterocycles. The van der Waals surface area contributed by atoms with Gasteiger partial charge in [0.15, 0.2) is 0 Å². The molecular weight excluding hydrogens is 565 g/mol. The van der Waals surface area contributed by atoms with Gasteiger partial charge in [-0.25, -0.2) is 0 Å². The van der Waals surface area contributed by atoms with E-state index < -0.39 is 0 Å². The maximum absolute atomic E-state index is 13.7. The second-order valence-electron chi connectivity index (χ2n) is 11.9. The number of hydrogen-bond acceptors (Lipinski definition) is 5. The molecule has 0 bridgehead atoms. The lowest BCUT2D eigenvalue weighted by Gasteiger charge is -2.36. The first-order valence-corrected chi connectivity index (χ1v) is 16.7. The van der Waals surface area contributed by atoms with E-state index in [1.807, 2.05) is 47.8 Å². The average Bonchev–Trinajstić information content (AvgIpc) is 3.59. The zero-order valence-corrected chi connectivity index (χ0v) is 26.7. The van der Waals surface area contributed by atoms with Gasteiger partial charge in [-0.1, -0.05) is 74.0 Å². The van der Waals surface area contributed by atoms with Crippen LogP contribution in [0.4, 0.5) is 11.4 Å². The van der Waals surface area contributed by atoms with E-state index >= 15 is 0 Å². The second-order valence-corrected chi connectivity index (χ2v) is 12.8. The van der Waals surface area contributed by atoms with Crippen molar-refractivity contribution in [2.45, 2.75) is 70.5 Å². The SMILES string of the molecule is CCCCN(C)c1ccc(-c2cccc(CN(C(=O)c3cccs3)C3CCC(N)CC3)c2)cc1NC(=O)Cc1ccccc1. The molecule has 1 saturated carbocycles. The van der Waals surface area contributed by atoms with Crippen LogP contribution in [0.2, 0.25) is 0 Å². The number of hydrogen-bond donors (Lipinski definition) is 2. The number of amides is 2. The van der Waals surface area contributed by atoms with Crippen molar-refractivity contribution in [2.75, 3.05) is 23.8 Å². The van der Waals surface area contributed by atoms with Crippen LogP contribution in [0.25, 0.3) is 11.1 Å². The zero-order chi connectivity index (χ0) is 30.9. The Morgan fingerprint density at radius 1 is 0.886 bits per heavy atom. The Bertz CT molecular complexity index is 1510. The van der Waals surface area contributed by atoms with Gasteiger partial charge in [0.05, 0.1) is 22.7 Å². The van der Waals surface area contributed by atoms with Gasteiger partial charge in [-0.3, -0.25) is 9.59 Å². The van der Waals surface area contributed by atoms with E-state index in [1.54, 1.807) is 0 Å². The third-order valence-electron chi connectivity index (χ3n) is 8.52. The summed E-state index contributed by atoms with van der Waals surface area (Å²) in [6, 6.07) is 28.8. The maximum atomic E-state index is 13.7. The smallest absolute Gasteiger partial charge is 0.264 e. The minimum Gasteiger partial charge on any atom is -0.373 e. The first-order valence-electron chi connectivity index (χ1n) is 15.8. The van der Waals surface area contributed by atoms with Gasteiger partial charge in [-0.05, 0) is 84.0 Å². The van der Waals surface area contributed by atoms with Crippen LogP contribution in [0.3, 0.4) is 0 Å². The van der Waals surface area contributed by atoms with Crippen molar-refractivity contribution < 1.29 is 9.59 Å². The van der Waals surface area contributed by atoms with Gasteiger partial charge < -0.3 is 20.9 Å². The summed E-state index contributed by atoms with van der Waals surface area (Å²) >= 11 is 1.50. The van der Waals surface area contributed by atoms with Crippen molar-refractivity contribution in [3.8, 4) is 11.1 Å². The number of rotatable bonds is 12. The standard InChI is InChI=1S/C37H44N4O2S/c1-3-4-21-40(2)34-20-15-30(25-33(34)39-36(42)24-27-10-6-5-7-11-27)29-13-8-12-28(23-29)26-41(32-18-16-31(38)17-19-32)37(43)35-14-9-22-44-35/h5-15,20,22-23,25,31-32H,3-4,16-19,21,24,26,38H2,1-2H3,(H,39,42). The fourth-order valence-corrected chi connectivity index (χ4v) is 6.69. The molecule has 44 heavy (non-hydrogen) atoms. The van der Waals surface area contributed by atoms with E-state index in [2.05, 4.69) is 71.6 Å². The number of carbonyl (C=O) groups is 2. The van der Waals surface area contributed by atoms with Crippen LogP contribution in [0.15, 0.2) is 90.3 Å². The van der Waals surface area contributed by atoms with E-state index in [-0.39, 0.29) is 23.9 Å². The Kier molecular flexibility index (Phi) is 10.9. The highest BCUT2D eigenvalue weighted by Crippen LogP contribution is 2.33. The quantitative estimate of drug-likeness (QED) is 0.172. The number of nitrogens with zero attached hydrogens (tertiary/aromatic N) is 2. The summed E-state index contributed by atoms with van der Waals surface area (Å²) in [6.45, 7) is 3.64. The van der Waals surface area contributed by atoms with E-state index in [9.17, 15) is 9.59 Å². The zero-order valence-electron chi connectivity index (χ0n) is 25.9. The Morgan fingerprint density at radius 3 is 2.36 bits per heavy atom. The minimum absolute atomic E-state index is 0.0397. The van der Waals surface area contributed by atoms with Crippen LogP contribution in [-0.4, -0.2) is 42.4 Å². The first-order chi connectivity index (χ1) is 21.4. The predicted octanol–water partition coefficient (Wildman–Crippen LogP) is 7.74. The lowest BCUT2D eigenvalue weighted by molar-refractivity contribution is -0.115. The lowest BCUT2D eigenvalue weighted by atomic mass is 9.90. The van der Waals surface area contributed by atoms with Crippen molar-refractivity contribution in [3.63, 3.8) is 0 Å². The molecule has 230 valence electrons. The summed E-state index contributed by atoms with van der Waals surface area (Å²) in [7, 11) is 2.08. The number of nitrogens with one attached hydrogen (secondary N) is 1. The molecule has 3 N–H and O–H groups in total. The number of benzene rings is 3. The van der Waals surface area contributed by atoms with E-state index in [0.717, 1.165) is 83.6 Å². The lowest BCUT2D eigenvalue weighted by Crippen LogP contribution is -2.43. The topological polar surface area (TPSA) is 78.7 Å². The molecule has 0 spiro atoms. The van der Waals surface area contributed by atoms with Crippen LogP contribution in [0.5, 0.6) is 0 Å². The molecular formula is C37H44N4O2S. The normalized spacial score (nSPS) is 16.3. The number of carbonyl (C=O) groups excluding carboxylic acids is 2. The molecule has 0 radical (unpaired) electrons. The highest BCUT2D eigenvalue weighted by atomic mass is 32.1. The monoisotopic (exact) mass is 608 g/mol. The number of thiophene rings is 1. The summed E-state index contributed by atoms with van der Waals surface area (Å²) in [5.74, 6) is 0.0518. The Hall–Kier alpha value is -3.94. The third kappa shape index (κ3) is 8.16. The summed E-state index contributed by atoms with van der Waals surface area (Å²) in [4.78, 5) is 31.9. The molecule has 1 heterocycles. The van der Waals surface area contributed by atoms with Crippen molar-refractivity contribution in [2.24, 2.45) is 5.73 Å². The summed E-state index contributed by atoms with van der Waals surface area (Å²) in [5.41, 5.74) is 12.2. The summed E-state index contributed by atoms with van der Waals surface area (Å²) in [5, 5.41) is 5.17. The van der Waals surface area contributed by atoms with Gasteiger partial charge >= 0.3 is 0 Å². The molecule has 5 rings (SSSR count). The van der Waals surface area contributed by atoms with Gasteiger partial charge in [0.2, 0.25) is 5.91 Å². The largest absolute Gasteiger partial charge is 0.373 e. The fourth-order valence-electron chi connectivity index (χ4n) is 6.01. The second kappa shape index (κ2) is 15.2. The Morgan fingerprint density at radius 2 is 1.64 bits per heavy atom. The van der Waals surface area contributed by atoms with Crippen molar-refractivity contribution >= 4 is 34.5 Å². The molecule has 3 aromatic carbocycles. The third-order valence-corrected chi connectivity index (χ3v) is 9.38. The van der Waals surface area contributed by atoms with E-state index in [1.165, 1.54) is 11.3 Å². The molecule has 7 heteroatoms. The average molecular weight is 609 g/mol. The Balaban J connectivity index is 1.41. The summed E-state index contributed by atoms with van der Waals surface area (Å²) < 4.78 is 0. The molecule has 1 aromatic heterocycles. The molecule has 1 fully saturated rings. The van der Waals surface area contributed by atoms with Gasteiger partial charge in [0.25, 0.3) is 5.91 Å². The van der Waals surface area contributed by atoms with Crippen molar-refractivity contribution in [1.29, 1.82) is 0 Å². The van der Waals surface area contributed by atoms with Crippen LogP contribution in [-0.2, 0) is 17.8 Å². The predicted molar refractivity (Wildman–Crippen MR) is 183 cm³/mol. The van der Waals surface area contributed by atoms with Gasteiger partial charge in [-0.2, -0.15) is 0 Å². The highest BCUT2D eigenvalue weighted by molar-refractivity contribution is 7.12. The van der Waals surface area contributed by atoms with Crippen LogP contribution in [0, 0.1) is 0 Å². The molecule has 1 aliphatic carbocycles. The number of nitrogens with two attached hydrogens (primary N) is 1. The number of unbranched alkanes of at least 4 members (excludes halogenated alkanes) is 1. The van der Waals surface area contributed by atoms with E-state index in [4.69, 9.17) is 5.73 Å². The van der Waals surface area contributed by atoms with Crippen LogP contribution < -0.4 is 16.0 Å². The van der Waals surface area contributed by atoms with E-state index in [0.29, 0.717) is 13.0 Å². The molecule has 0 atom stereocenters. The fraction of sp³-hybridized carbons (Fsp3) is 0.351. The van der Waals surface area contributed by atoms with Gasteiger partial charge in [0, 0.05) is 32.2 Å². The summed E-state index contributed by atoms with van der Waals surface area (Å²) in [6.07, 6.45) is 6.23. The molecule has 6 nitrogen and oxygen atoms in total. The van der Waals surface area contributed by atoms with Crippen molar-refractivity contribution in [1.82, 2.24) is 4.90 Å². The van der Waals surface area contributed by atoms with Gasteiger partial charge in [-0.15, -0.1) is 11.3 Å². The molecule has 0 unspecified atom stereocenters. The van der Waals surface area contributed by atoms with Gasteiger partial charge in [0.1, 0.15) is 0 Å². The van der Waals surface area contributed by atoms with Crippen LogP contribution in [0.1, 0.15) is 66.2 Å². The molecule has 4 aromatic rings. The maximum Gasteiger partial charge on any atom is 0.264 e. The molecule has 2 amide bonds. The first kappa shape index (κ1) is 31.5. The molecule has 1 aliphatic rings. The number of anilines is 2. The minimum atomic E-state index is -0.0397. The Labute approximate surface area is 265 Å². The van der Waals surface area contributed by atoms with Crippen LogP contribution >= 0.6 is 11.3 Å². The molecule has 0 saturated heterocycles. The van der Waals surface area contributed by atoms with Crippen molar-refractivity contribution in [3.05, 3.63) is 106 Å². The highest BCUT2D eigenvalue weighted by Gasteiger charge is 2.29.